The van der Waals surface area contributed by atoms with Crippen LogP contribution in [-0.4, -0.2) is 32.1 Å². The molecule has 0 N–H and O–H groups in total. The summed E-state index contributed by atoms with van der Waals surface area (Å²) >= 11 is 0. The molecule has 1 aromatic heterocycles. The van der Waals surface area contributed by atoms with Crippen LogP contribution in [0, 0.1) is 5.92 Å². The van der Waals surface area contributed by atoms with E-state index < -0.39 is 0 Å². The molecule has 1 aromatic carbocycles. The van der Waals surface area contributed by atoms with Crippen LogP contribution >= 0.6 is 0 Å². The average Bonchev–Trinajstić information content (AvgIpc) is 3.31. The molecular weight excluding hydrogens is 312 g/mol. The van der Waals surface area contributed by atoms with Crippen LogP contribution in [0.25, 0.3) is 11.4 Å². The molecule has 132 valence electrons. The van der Waals surface area contributed by atoms with Crippen molar-refractivity contribution in [2.24, 2.45) is 5.92 Å². The maximum atomic E-state index is 12.7. The highest BCUT2D eigenvalue weighted by molar-refractivity contribution is 5.76. The fourth-order valence-electron chi connectivity index (χ4n) is 4.18. The lowest BCUT2D eigenvalue weighted by Gasteiger charge is -2.33. The molecule has 2 heterocycles. The Balaban J connectivity index is 1.46. The molecule has 5 nitrogen and oxygen atoms in total. The van der Waals surface area contributed by atoms with Crippen LogP contribution in [0.2, 0.25) is 0 Å². The van der Waals surface area contributed by atoms with Gasteiger partial charge in [-0.3, -0.25) is 4.79 Å². The van der Waals surface area contributed by atoms with Crippen LogP contribution in [0.1, 0.15) is 57.3 Å². The summed E-state index contributed by atoms with van der Waals surface area (Å²) in [6, 6.07) is 10.0. The number of fused-ring (bicyclic) bond motifs is 1. The van der Waals surface area contributed by atoms with Gasteiger partial charge < -0.3 is 4.90 Å². The van der Waals surface area contributed by atoms with Crippen molar-refractivity contribution in [2.45, 2.75) is 58.0 Å². The van der Waals surface area contributed by atoms with Crippen molar-refractivity contribution in [3.8, 4) is 11.4 Å². The van der Waals surface area contributed by atoms with Gasteiger partial charge in [-0.25, -0.2) is 9.67 Å². The third kappa shape index (κ3) is 3.32. The highest BCUT2D eigenvalue weighted by atomic mass is 16.2. The predicted octanol–water partition coefficient (Wildman–Crippen LogP) is 3.82. The van der Waals surface area contributed by atoms with Crippen LogP contribution in [0.3, 0.4) is 0 Å². The number of rotatable bonds is 4. The minimum atomic E-state index is -0.00482. The van der Waals surface area contributed by atoms with Crippen molar-refractivity contribution < 1.29 is 4.79 Å². The molecule has 0 radical (unpaired) electrons. The topological polar surface area (TPSA) is 51.0 Å². The van der Waals surface area contributed by atoms with E-state index in [0.29, 0.717) is 6.42 Å². The molecule has 2 aromatic rings. The fraction of sp³-hybridized carbons (Fsp3) is 0.550. The number of amides is 1. The fourth-order valence-corrected chi connectivity index (χ4v) is 4.18. The second kappa shape index (κ2) is 6.98. The molecule has 2 aliphatic rings. The van der Waals surface area contributed by atoms with Gasteiger partial charge in [-0.1, -0.05) is 56.0 Å². The van der Waals surface area contributed by atoms with Crippen molar-refractivity contribution in [1.82, 2.24) is 19.7 Å². The van der Waals surface area contributed by atoms with E-state index >= 15 is 0 Å². The number of carbonyl (C=O) groups is 1. The summed E-state index contributed by atoms with van der Waals surface area (Å²) in [6.07, 6.45) is 7.00. The van der Waals surface area contributed by atoms with E-state index in [-0.39, 0.29) is 11.9 Å². The summed E-state index contributed by atoms with van der Waals surface area (Å²) in [5, 5.41) is 4.64. The van der Waals surface area contributed by atoms with Crippen molar-refractivity contribution in [2.75, 3.05) is 6.54 Å². The third-order valence-corrected chi connectivity index (χ3v) is 5.69. The van der Waals surface area contributed by atoms with Gasteiger partial charge in [0, 0.05) is 18.5 Å². The Morgan fingerprint density at radius 2 is 1.92 bits per heavy atom. The Bertz CT molecular complexity index is 733. The third-order valence-electron chi connectivity index (χ3n) is 5.69. The highest BCUT2D eigenvalue weighted by Gasteiger charge is 2.31. The molecule has 25 heavy (non-hydrogen) atoms. The lowest BCUT2D eigenvalue weighted by atomic mass is 10.0. The Labute approximate surface area is 149 Å². The summed E-state index contributed by atoms with van der Waals surface area (Å²) < 4.78 is 1.97. The van der Waals surface area contributed by atoms with Gasteiger partial charge in [0.25, 0.3) is 0 Å². The van der Waals surface area contributed by atoms with Crippen molar-refractivity contribution in [3.63, 3.8) is 0 Å². The zero-order chi connectivity index (χ0) is 17.2. The Morgan fingerprint density at radius 3 is 2.68 bits per heavy atom. The van der Waals surface area contributed by atoms with E-state index in [2.05, 4.69) is 12.0 Å². The summed E-state index contributed by atoms with van der Waals surface area (Å²) in [5.74, 6) is 2.69. The zero-order valence-corrected chi connectivity index (χ0v) is 14.9. The van der Waals surface area contributed by atoms with Crippen LogP contribution in [0.5, 0.6) is 0 Å². The van der Waals surface area contributed by atoms with E-state index in [4.69, 9.17) is 4.98 Å². The standard InChI is InChI=1S/C20H26N4O/c1-15-20-21-19(17-9-3-2-4-10-17)22-24(20)14-13-23(15)18(25)12-11-16-7-5-6-8-16/h2-4,9-10,15-16H,5-8,11-14H2,1H3/t15-/m0/s1. The van der Waals surface area contributed by atoms with Crippen molar-refractivity contribution in [3.05, 3.63) is 36.2 Å². The molecule has 4 rings (SSSR count). The maximum Gasteiger partial charge on any atom is 0.223 e. The molecule has 1 amide bonds. The molecule has 1 fully saturated rings. The molecule has 0 spiro atoms. The minimum Gasteiger partial charge on any atom is -0.331 e. The monoisotopic (exact) mass is 338 g/mol. The van der Waals surface area contributed by atoms with E-state index in [0.717, 1.165) is 42.6 Å². The van der Waals surface area contributed by atoms with Gasteiger partial charge in [0.05, 0.1) is 12.6 Å². The number of nitrogens with zero attached hydrogens (tertiary/aromatic N) is 4. The van der Waals surface area contributed by atoms with Crippen molar-refractivity contribution >= 4 is 5.91 Å². The molecule has 1 aliphatic heterocycles. The van der Waals surface area contributed by atoms with E-state index in [1.54, 1.807) is 0 Å². The quantitative estimate of drug-likeness (QED) is 0.851. The summed E-state index contributed by atoms with van der Waals surface area (Å²) in [4.78, 5) is 19.4. The summed E-state index contributed by atoms with van der Waals surface area (Å²) in [7, 11) is 0. The molecular formula is C20H26N4O. The van der Waals surface area contributed by atoms with Gasteiger partial charge in [-0.15, -0.1) is 0 Å². The Hall–Kier alpha value is -2.17. The number of hydrogen-bond acceptors (Lipinski definition) is 3. The maximum absolute atomic E-state index is 12.7. The smallest absolute Gasteiger partial charge is 0.223 e. The van der Waals surface area contributed by atoms with Gasteiger partial charge >= 0.3 is 0 Å². The first-order valence-electron chi connectivity index (χ1n) is 9.52. The molecule has 1 atom stereocenters. The first-order chi connectivity index (χ1) is 12.2. The van der Waals surface area contributed by atoms with Gasteiger partial charge in [0.1, 0.15) is 5.82 Å². The zero-order valence-electron chi connectivity index (χ0n) is 14.9. The van der Waals surface area contributed by atoms with Crippen LogP contribution in [0.15, 0.2) is 30.3 Å². The second-order valence-corrected chi connectivity index (χ2v) is 7.34. The highest BCUT2D eigenvalue weighted by Crippen LogP contribution is 2.31. The molecule has 5 heteroatoms. The van der Waals surface area contributed by atoms with Gasteiger partial charge in [0.15, 0.2) is 5.82 Å². The predicted molar refractivity (Wildman–Crippen MR) is 96.8 cm³/mol. The normalized spacial score (nSPS) is 20.7. The minimum absolute atomic E-state index is 0.00482. The van der Waals surface area contributed by atoms with Crippen LogP contribution in [0.4, 0.5) is 0 Å². The first-order valence-corrected chi connectivity index (χ1v) is 9.52. The van der Waals surface area contributed by atoms with Crippen LogP contribution in [-0.2, 0) is 11.3 Å². The number of carbonyl (C=O) groups excluding carboxylic acids is 1. The van der Waals surface area contributed by atoms with Crippen molar-refractivity contribution in [1.29, 1.82) is 0 Å². The Morgan fingerprint density at radius 1 is 1.16 bits per heavy atom. The molecule has 1 aliphatic carbocycles. The molecule has 1 saturated carbocycles. The lowest BCUT2D eigenvalue weighted by Crippen LogP contribution is -2.41. The lowest BCUT2D eigenvalue weighted by molar-refractivity contribution is -0.134. The molecule has 0 saturated heterocycles. The van der Waals surface area contributed by atoms with Gasteiger partial charge in [-0.05, 0) is 19.3 Å². The largest absolute Gasteiger partial charge is 0.331 e. The molecule has 0 unspecified atom stereocenters. The van der Waals surface area contributed by atoms with E-state index in [1.165, 1.54) is 25.7 Å². The first kappa shape index (κ1) is 16.3. The molecule has 0 bridgehead atoms. The average molecular weight is 338 g/mol. The number of hydrogen-bond donors (Lipinski definition) is 0. The van der Waals surface area contributed by atoms with Gasteiger partial charge in [-0.2, -0.15) is 5.10 Å². The van der Waals surface area contributed by atoms with E-state index in [1.807, 2.05) is 39.9 Å². The van der Waals surface area contributed by atoms with Crippen LogP contribution < -0.4 is 0 Å². The van der Waals surface area contributed by atoms with Gasteiger partial charge in [0.2, 0.25) is 5.91 Å². The summed E-state index contributed by atoms with van der Waals surface area (Å²) in [6.45, 7) is 3.53. The second-order valence-electron chi connectivity index (χ2n) is 7.34. The SMILES string of the molecule is C[C@H]1c2nc(-c3ccccc3)nn2CCN1C(=O)CCC1CCCC1. The van der Waals surface area contributed by atoms with E-state index in [9.17, 15) is 4.79 Å². The Kier molecular flexibility index (Phi) is 4.55. The summed E-state index contributed by atoms with van der Waals surface area (Å²) in [5.41, 5.74) is 1.02. The number of benzene rings is 1. The number of aromatic nitrogens is 3.